The summed E-state index contributed by atoms with van der Waals surface area (Å²) >= 11 is 1.15. The monoisotopic (exact) mass is 242 g/mol. The molecule has 0 spiro atoms. The molecule has 0 bridgehead atoms. The minimum Gasteiger partial charge on any atom is -0.359 e. The summed E-state index contributed by atoms with van der Waals surface area (Å²) in [7, 11) is 0. The van der Waals surface area contributed by atoms with Gasteiger partial charge in [0.2, 0.25) is 5.13 Å². The van der Waals surface area contributed by atoms with Crippen LogP contribution in [0, 0.1) is 11.6 Å². The number of benzene rings is 1. The van der Waals surface area contributed by atoms with Crippen LogP contribution in [0.3, 0.4) is 0 Å². The molecule has 16 heavy (non-hydrogen) atoms. The quantitative estimate of drug-likeness (QED) is 0.889. The fourth-order valence-corrected chi connectivity index (χ4v) is 1.60. The molecule has 84 valence electrons. The van der Waals surface area contributed by atoms with Crippen LogP contribution in [0.25, 0.3) is 0 Å². The van der Waals surface area contributed by atoms with Crippen LogP contribution >= 0.6 is 11.5 Å². The fourth-order valence-electron chi connectivity index (χ4n) is 1.21. The van der Waals surface area contributed by atoms with E-state index in [-0.39, 0.29) is 0 Å². The Hall–Kier alpha value is -1.63. The average molecular weight is 242 g/mol. The standard InChI is InChI=1S/C9H8F2N4S/c10-7-2-1-6(5-8(7)11)3-4-12-9-13-14-15-16-9/h1-2,5H,3-4H2,(H,12,13,15). The van der Waals surface area contributed by atoms with E-state index < -0.39 is 11.6 Å². The number of nitrogens with one attached hydrogen (secondary N) is 1. The summed E-state index contributed by atoms with van der Waals surface area (Å²) in [6, 6.07) is 3.87. The Balaban J connectivity index is 1.87. The lowest BCUT2D eigenvalue weighted by atomic mass is 10.1. The van der Waals surface area contributed by atoms with E-state index in [0.717, 1.165) is 23.2 Å². The van der Waals surface area contributed by atoms with E-state index in [1.54, 1.807) is 6.07 Å². The fraction of sp³-hybridized carbons (Fsp3) is 0.222. The van der Waals surface area contributed by atoms with Crippen LogP contribution in [0.1, 0.15) is 5.56 Å². The summed E-state index contributed by atoms with van der Waals surface area (Å²) in [5.41, 5.74) is 0.726. The van der Waals surface area contributed by atoms with E-state index >= 15 is 0 Å². The van der Waals surface area contributed by atoms with Gasteiger partial charge in [0.1, 0.15) is 0 Å². The molecule has 0 atom stereocenters. The first-order valence-electron chi connectivity index (χ1n) is 4.58. The highest BCUT2D eigenvalue weighted by atomic mass is 32.1. The van der Waals surface area contributed by atoms with Gasteiger partial charge in [-0.3, -0.25) is 0 Å². The zero-order chi connectivity index (χ0) is 11.4. The molecule has 1 heterocycles. The third-order valence-electron chi connectivity index (χ3n) is 1.97. The van der Waals surface area contributed by atoms with Crippen LogP contribution in [0.15, 0.2) is 18.2 Å². The SMILES string of the molecule is Fc1ccc(CCNc2nnns2)cc1F. The van der Waals surface area contributed by atoms with Crippen molar-refractivity contribution in [2.24, 2.45) is 0 Å². The van der Waals surface area contributed by atoms with Gasteiger partial charge in [0.15, 0.2) is 11.6 Å². The molecule has 2 rings (SSSR count). The van der Waals surface area contributed by atoms with Gasteiger partial charge in [0.25, 0.3) is 0 Å². The molecule has 0 aliphatic heterocycles. The van der Waals surface area contributed by atoms with Crippen molar-refractivity contribution in [1.29, 1.82) is 0 Å². The summed E-state index contributed by atoms with van der Waals surface area (Å²) in [6.45, 7) is 0.571. The first-order chi connectivity index (χ1) is 7.75. The maximum absolute atomic E-state index is 12.9. The molecule has 0 saturated heterocycles. The van der Waals surface area contributed by atoms with E-state index in [1.165, 1.54) is 6.07 Å². The summed E-state index contributed by atoms with van der Waals surface area (Å²) < 4.78 is 29.1. The van der Waals surface area contributed by atoms with Crippen molar-refractivity contribution in [3.63, 3.8) is 0 Å². The van der Waals surface area contributed by atoms with Crippen molar-refractivity contribution in [1.82, 2.24) is 14.8 Å². The van der Waals surface area contributed by atoms with Gasteiger partial charge < -0.3 is 5.32 Å². The predicted octanol–water partition coefficient (Wildman–Crippen LogP) is 1.87. The summed E-state index contributed by atoms with van der Waals surface area (Å²) in [6.07, 6.45) is 0.580. The highest BCUT2D eigenvalue weighted by molar-refractivity contribution is 7.09. The molecule has 2 aromatic rings. The van der Waals surface area contributed by atoms with Crippen LogP contribution in [0.2, 0.25) is 0 Å². The van der Waals surface area contributed by atoms with Crippen LogP contribution in [-0.4, -0.2) is 21.3 Å². The Morgan fingerprint density at radius 2 is 2.12 bits per heavy atom. The molecule has 0 aliphatic carbocycles. The summed E-state index contributed by atoms with van der Waals surface area (Å²) in [5.74, 6) is -1.65. The second-order valence-corrected chi connectivity index (χ2v) is 3.83. The number of hydrogen-bond donors (Lipinski definition) is 1. The van der Waals surface area contributed by atoms with Gasteiger partial charge in [0, 0.05) is 18.1 Å². The van der Waals surface area contributed by atoms with Crippen molar-refractivity contribution in [2.45, 2.75) is 6.42 Å². The molecule has 0 radical (unpaired) electrons. The molecule has 1 aromatic carbocycles. The molecule has 0 aliphatic rings. The number of aromatic nitrogens is 3. The van der Waals surface area contributed by atoms with Gasteiger partial charge in [0.05, 0.1) is 0 Å². The lowest BCUT2D eigenvalue weighted by Crippen LogP contribution is -2.05. The van der Waals surface area contributed by atoms with Gasteiger partial charge in [-0.05, 0) is 29.3 Å². The van der Waals surface area contributed by atoms with Crippen LogP contribution < -0.4 is 5.32 Å². The minimum absolute atomic E-state index is 0.571. The molecule has 7 heteroatoms. The van der Waals surface area contributed by atoms with Crippen LogP contribution in [-0.2, 0) is 6.42 Å². The molecule has 1 N–H and O–H groups in total. The van der Waals surface area contributed by atoms with Gasteiger partial charge in [-0.1, -0.05) is 15.7 Å². The van der Waals surface area contributed by atoms with Gasteiger partial charge >= 0.3 is 0 Å². The van der Waals surface area contributed by atoms with Crippen molar-refractivity contribution < 1.29 is 8.78 Å². The zero-order valence-corrected chi connectivity index (χ0v) is 8.97. The normalized spacial score (nSPS) is 10.4. The summed E-state index contributed by atoms with van der Waals surface area (Å²) in [5, 5.41) is 10.7. The van der Waals surface area contributed by atoms with E-state index in [4.69, 9.17) is 0 Å². The highest BCUT2D eigenvalue weighted by Gasteiger charge is 2.02. The van der Waals surface area contributed by atoms with E-state index in [9.17, 15) is 8.78 Å². The van der Waals surface area contributed by atoms with Crippen molar-refractivity contribution in [3.8, 4) is 0 Å². The zero-order valence-electron chi connectivity index (χ0n) is 8.15. The first kappa shape index (κ1) is 10.9. The second-order valence-electron chi connectivity index (χ2n) is 3.09. The Labute approximate surface area is 94.5 Å². The highest BCUT2D eigenvalue weighted by Crippen LogP contribution is 2.10. The first-order valence-corrected chi connectivity index (χ1v) is 5.36. The lowest BCUT2D eigenvalue weighted by molar-refractivity contribution is 0.507. The summed E-state index contributed by atoms with van der Waals surface area (Å²) in [4.78, 5) is 0. The minimum atomic E-state index is -0.829. The molecular formula is C9H8F2N4S. The molecule has 1 aromatic heterocycles. The average Bonchev–Trinajstić information content (AvgIpc) is 2.76. The topological polar surface area (TPSA) is 50.7 Å². The number of rotatable bonds is 4. The van der Waals surface area contributed by atoms with Crippen LogP contribution in [0.4, 0.5) is 13.9 Å². The largest absolute Gasteiger partial charge is 0.359 e. The third kappa shape index (κ3) is 2.69. The van der Waals surface area contributed by atoms with Gasteiger partial charge in [-0.25, -0.2) is 8.78 Å². The number of nitrogens with zero attached hydrogens (tertiary/aromatic N) is 3. The number of hydrogen-bond acceptors (Lipinski definition) is 5. The van der Waals surface area contributed by atoms with Crippen LogP contribution in [0.5, 0.6) is 0 Å². The molecular weight excluding hydrogens is 234 g/mol. The van der Waals surface area contributed by atoms with Crippen molar-refractivity contribution in [2.75, 3.05) is 11.9 Å². The van der Waals surface area contributed by atoms with E-state index in [0.29, 0.717) is 18.1 Å². The molecule has 0 fully saturated rings. The van der Waals surface area contributed by atoms with E-state index in [1.807, 2.05) is 0 Å². The number of anilines is 1. The molecule has 0 amide bonds. The maximum Gasteiger partial charge on any atom is 0.225 e. The number of halogens is 2. The molecule has 0 saturated carbocycles. The lowest BCUT2D eigenvalue weighted by Gasteiger charge is -2.02. The molecule has 4 nitrogen and oxygen atoms in total. The Morgan fingerprint density at radius 3 is 2.81 bits per heavy atom. The van der Waals surface area contributed by atoms with Gasteiger partial charge in [-0.2, -0.15) is 0 Å². The Bertz CT molecular complexity index is 461. The van der Waals surface area contributed by atoms with Crippen molar-refractivity contribution in [3.05, 3.63) is 35.4 Å². The van der Waals surface area contributed by atoms with Gasteiger partial charge in [-0.15, -0.1) is 0 Å². The third-order valence-corrected chi connectivity index (χ3v) is 2.53. The Morgan fingerprint density at radius 1 is 1.25 bits per heavy atom. The smallest absolute Gasteiger partial charge is 0.225 e. The predicted molar refractivity (Wildman–Crippen MR) is 56.3 cm³/mol. The second kappa shape index (κ2) is 4.93. The van der Waals surface area contributed by atoms with E-state index in [2.05, 4.69) is 20.1 Å². The Kier molecular flexibility index (Phi) is 3.35. The van der Waals surface area contributed by atoms with Crippen molar-refractivity contribution >= 4 is 16.7 Å². The molecule has 0 unspecified atom stereocenters. The maximum atomic E-state index is 12.9.